The van der Waals surface area contributed by atoms with Gasteiger partial charge in [0.05, 0.1) is 18.4 Å². The lowest BCUT2D eigenvalue weighted by atomic mass is 10.1. The monoisotopic (exact) mass is 271 g/mol. The Hall–Kier alpha value is -1.10. The van der Waals surface area contributed by atoms with Crippen LogP contribution in [0.1, 0.15) is 34.1 Å². The first kappa shape index (κ1) is 16.0. The Labute approximate surface area is 114 Å². The van der Waals surface area contributed by atoms with Crippen LogP contribution in [0.15, 0.2) is 0 Å². The van der Waals surface area contributed by atoms with Crippen LogP contribution >= 0.6 is 0 Å². The number of carboxylic acids is 1. The first-order valence-corrected chi connectivity index (χ1v) is 6.86. The van der Waals surface area contributed by atoms with E-state index in [1.807, 2.05) is 13.8 Å². The summed E-state index contributed by atoms with van der Waals surface area (Å²) in [6, 6.07) is 0. The van der Waals surface area contributed by atoms with Crippen LogP contribution in [-0.4, -0.2) is 36.7 Å². The molecule has 0 spiro atoms. The Morgan fingerprint density at radius 2 is 1.89 bits per heavy atom. The summed E-state index contributed by atoms with van der Waals surface area (Å²) in [7, 11) is 0. The molecule has 5 nitrogen and oxygen atoms in total. The number of amides is 1. The first-order chi connectivity index (χ1) is 8.78. The summed E-state index contributed by atoms with van der Waals surface area (Å²) in [6.07, 6.45) is 1.00. The van der Waals surface area contributed by atoms with Crippen molar-refractivity contribution in [2.24, 2.45) is 23.2 Å². The minimum Gasteiger partial charge on any atom is -0.481 e. The molecular weight excluding hydrogens is 246 g/mol. The van der Waals surface area contributed by atoms with Gasteiger partial charge in [0.15, 0.2) is 0 Å². The second-order valence-electron chi connectivity index (χ2n) is 6.20. The van der Waals surface area contributed by atoms with Crippen molar-refractivity contribution in [1.82, 2.24) is 5.32 Å². The van der Waals surface area contributed by atoms with E-state index in [1.54, 1.807) is 0 Å². The van der Waals surface area contributed by atoms with Crippen molar-refractivity contribution in [3.8, 4) is 0 Å². The predicted octanol–water partition coefficient (Wildman–Crippen LogP) is 1.52. The summed E-state index contributed by atoms with van der Waals surface area (Å²) in [6.45, 7) is 9.50. The molecule has 1 aliphatic rings. The van der Waals surface area contributed by atoms with Crippen molar-refractivity contribution in [3.05, 3.63) is 0 Å². The highest BCUT2D eigenvalue weighted by atomic mass is 16.5. The standard InChI is InChI=1S/C14H25NO4/c1-9(2)5-7-19-8-6-15-12(16)10-11(13(17)18)14(10,3)4/h9-11H,5-8H2,1-4H3,(H,15,16)(H,17,18). The van der Waals surface area contributed by atoms with Crippen molar-refractivity contribution in [1.29, 1.82) is 0 Å². The molecule has 110 valence electrons. The number of aliphatic carboxylic acids is 1. The maximum Gasteiger partial charge on any atom is 0.307 e. The van der Waals surface area contributed by atoms with E-state index in [4.69, 9.17) is 9.84 Å². The molecule has 2 unspecified atom stereocenters. The Balaban J connectivity index is 2.18. The van der Waals surface area contributed by atoms with Crippen LogP contribution < -0.4 is 5.32 Å². The van der Waals surface area contributed by atoms with Gasteiger partial charge < -0.3 is 15.2 Å². The van der Waals surface area contributed by atoms with Gasteiger partial charge in [-0.2, -0.15) is 0 Å². The molecular formula is C14H25NO4. The molecule has 2 atom stereocenters. The highest BCUT2D eigenvalue weighted by Gasteiger charge is 2.65. The van der Waals surface area contributed by atoms with Gasteiger partial charge in [0.2, 0.25) is 5.91 Å². The van der Waals surface area contributed by atoms with Crippen LogP contribution in [0.3, 0.4) is 0 Å². The lowest BCUT2D eigenvalue weighted by Crippen LogP contribution is -2.30. The van der Waals surface area contributed by atoms with Crippen molar-refractivity contribution in [3.63, 3.8) is 0 Å². The van der Waals surface area contributed by atoms with Gasteiger partial charge in [-0.05, 0) is 17.8 Å². The van der Waals surface area contributed by atoms with E-state index in [2.05, 4.69) is 19.2 Å². The largest absolute Gasteiger partial charge is 0.481 e. The molecule has 5 heteroatoms. The molecule has 19 heavy (non-hydrogen) atoms. The number of rotatable bonds is 8. The number of carboxylic acid groups (broad SMARTS) is 1. The lowest BCUT2D eigenvalue weighted by Gasteiger charge is -2.08. The Morgan fingerprint density at radius 1 is 1.26 bits per heavy atom. The van der Waals surface area contributed by atoms with E-state index in [0.29, 0.717) is 25.7 Å². The molecule has 0 saturated heterocycles. The number of hydrogen-bond donors (Lipinski definition) is 2. The molecule has 0 heterocycles. The van der Waals surface area contributed by atoms with Gasteiger partial charge in [0.1, 0.15) is 0 Å². The molecule has 0 aromatic heterocycles. The predicted molar refractivity (Wildman–Crippen MR) is 71.7 cm³/mol. The summed E-state index contributed by atoms with van der Waals surface area (Å²) in [4.78, 5) is 22.8. The number of nitrogens with one attached hydrogen (secondary N) is 1. The van der Waals surface area contributed by atoms with Crippen LogP contribution in [0.4, 0.5) is 0 Å². The molecule has 1 aliphatic carbocycles. The molecule has 2 N–H and O–H groups in total. The maximum atomic E-state index is 11.8. The molecule has 0 aliphatic heterocycles. The van der Waals surface area contributed by atoms with Gasteiger partial charge in [0, 0.05) is 13.2 Å². The van der Waals surface area contributed by atoms with Crippen LogP contribution in [0, 0.1) is 23.2 Å². The molecule has 1 rings (SSSR count). The zero-order chi connectivity index (χ0) is 14.6. The van der Waals surface area contributed by atoms with Gasteiger partial charge in [0.25, 0.3) is 0 Å². The Morgan fingerprint density at radius 3 is 2.37 bits per heavy atom. The van der Waals surface area contributed by atoms with E-state index < -0.39 is 23.2 Å². The fourth-order valence-corrected chi connectivity index (χ4v) is 2.37. The normalized spacial score (nSPS) is 24.3. The topological polar surface area (TPSA) is 75.6 Å². The zero-order valence-electron chi connectivity index (χ0n) is 12.2. The Bertz CT molecular complexity index is 338. The van der Waals surface area contributed by atoms with Crippen LogP contribution in [0.2, 0.25) is 0 Å². The lowest BCUT2D eigenvalue weighted by molar-refractivity contribution is -0.140. The van der Waals surface area contributed by atoms with E-state index in [-0.39, 0.29) is 5.91 Å². The fourth-order valence-electron chi connectivity index (χ4n) is 2.37. The number of hydrogen-bond acceptors (Lipinski definition) is 3. The second-order valence-corrected chi connectivity index (χ2v) is 6.20. The number of carbonyl (C=O) groups is 2. The average molecular weight is 271 g/mol. The van der Waals surface area contributed by atoms with Crippen LogP contribution in [0.5, 0.6) is 0 Å². The first-order valence-electron chi connectivity index (χ1n) is 6.86. The molecule has 0 radical (unpaired) electrons. The van der Waals surface area contributed by atoms with E-state index in [0.717, 1.165) is 6.42 Å². The van der Waals surface area contributed by atoms with Gasteiger partial charge in [-0.15, -0.1) is 0 Å². The van der Waals surface area contributed by atoms with Crippen molar-refractivity contribution < 1.29 is 19.4 Å². The summed E-state index contributed by atoms with van der Waals surface area (Å²) >= 11 is 0. The van der Waals surface area contributed by atoms with Gasteiger partial charge in [-0.1, -0.05) is 27.7 Å². The summed E-state index contributed by atoms with van der Waals surface area (Å²) in [5.41, 5.74) is -0.436. The molecule has 1 fully saturated rings. The third kappa shape index (κ3) is 4.20. The van der Waals surface area contributed by atoms with E-state index >= 15 is 0 Å². The highest BCUT2D eigenvalue weighted by Crippen LogP contribution is 2.58. The number of carbonyl (C=O) groups excluding carboxylic acids is 1. The van der Waals surface area contributed by atoms with Gasteiger partial charge in [-0.25, -0.2) is 0 Å². The van der Waals surface area contributed by atoms with E-state index in [9.17, 15) is 9.59 Å². The SMILES string of the molecule is CC(C)CCOCCNC(=O)C1C(C(=O)O)C1(C)C. The van der Waals surface area contributed by atoms with Crippen molar-refractivity contribution in [2.45, 2.75) is 34.1 Å². The summed E-state index contributed by atoms with van der Waals surface area (Å²) in [5.74, 6) is -1.43. The molecule has 0 aromatic rings. The summed E-state index contributed by atoms with van der Waals surface area (Å²) < 4.78 is 5.39. The highest BCUT2D eigenvalue weighted by molar-refractivity contribution is 5.91. The second kappa shape index (κ2) is 6.37. The molecule has 1 saturated carbocycles. The zero-order valence-corrected chi connectivity index (χ0v) is 12.2. The fraction of sp³-hybridized carbons (Fsp3) is 0.857. The minimum atomic E-state index is -0.890. The van der Waals surface area contributed by atoms with Crippen LogP contribution in [-0.2, 0) is 14.3 Å². The third-order valence-corrected chi connectivity index (χ3v) is 3.76. The minimum absolute atomic E-state index is 0.176. The Kier molecular flexibility index (Phi) is 5.35. The molecule has 0 aromatic carbocycles. The third-order valence-electron chi connectivity index (χ3n) is 3.76. The van der Waals surface area contributed by atoms with Gasteiger partial charge in [-0.3, -0.25) is 9.59 Å². The van der Waals surface area contributed by atoms with Crippen LogP contribution in [0.25, 0.3) is 0 Å². The maximum absolute atomic E-state index is 11.8. The number of ether oxygens (including phenoxy) is 1. The van der Waals surface area contributed by atoms with E-state index in [1.165, 1.54) is 0 Å². The average Bonchev–Trinajstić information content (AvgIpc) is 2.86. The van der Waals surface area contributed by atoms with Crippen molar-refractivity contribution in [2.75, 3.05) is 19.8 Å². The summed E-state index contributed by atoms with van der Waals surface area (Å²) in [5, 5.41) is 11.7. The van der Waals surface area contributed by atoms with Crippen molar-refractivity contribution >= 4 is 11.9 Å². The quantitative estimate of drug-likeness (QED) is 0.656. The smallest absolute Gasteiger partial charge is 0.307 e. The van der Waals surface area contributed by atoms with Gasteiger partial charge >= 0.3 is 5.97 Å². The molecule has 1 amide bonds. The molecule has 0 bridgehead atoms.